The second-order valence-corrected chi connectivity index (χ2v) is 4.67. The number of phenols is 1. The average molecular weight is 258 g/mol. The minimum atomic E-state index is -1.80. The first-order chi connectivity index (χ1) is 7.61. The van der Waals surface area contributed by atoms with Gasteiger partial charge >= 0.3 is 0 Å². The van der Waals surface area contributed by atoms with Crippen molar-refractivity contribution in [2.75, 3.05) is 5.73 Å². The molecule has 16 heavy (non-hydrogen) atoms. The first-order valence-corrected chi connectivity index (χ1v) is 5.73. The monoisotopic (exact) mass is 257 g/mol. The fourth-order valence-electron chi connectivity index (χ4n) is 1.47. The summed E-state index contributed by atoms with van der Waals surface area (Å²) in [5, 5.41) is 11.0. The van der Waals surface area contributed by atoms with Crippen LogP contribution in [-0.4, -0.2) is 9.32 Å². The predicted molar refractivity (Wildman–Crippen MR) is 63.4 cm³/mol. The van der Waals surface area contributed by atoms with Crippen molar-refractivity contribution in [2.24, 2.45) is 0 Å². The Morgan fingerprint density at radius 3 is 2.75 bits per heavy atom. The summed E-state index contributed by atoms with van der Waals surface area (Å²) in [7, 11) is 0. The zero-order valence-electron chi connectivity index (χ0n) is 8.01. The van der Waals surface area contributed by atoms with Gasteiger partial charge in [0.05, 0.1) is 16.8 Å². The van der Waals surface area contributed by atoms with Gasteiger partial charge in [0.2, 0.25) is 11.1 Å². The van der Waals surface area contributed by atoms with Crippen LogP contribution in [0.3, 0.4) is 0 Å². The van der Waals surface area contributed by atoms with Gasteiger partial charge in [0.1, 0.15) is 5.75 Å². The lowest BCUT2D eigenvalue weighted by atomic mass is 10.1. The molecule has 0 spiro atoms. The van der Waals surface area contributed by atoms with Crippen molar-refractivity contribution in [1.82, 2.24) is 0 Å². The Morgan fingerprint density at radius 2 is 2.06 bits per heavy atom. The Balaban J connectivity index is 2.69. The highest BCUT2D eigenvalue weighted by molar-refractivity contribution is 7.81. The predicted octanol–water partition coefficient (Wildman–Crippen LogP) is 2.32. The van der Waals surface area contributed by atoms with E-state index < -0.39 is 11.1 Å². The largest absolute Gasteiger partial charge is 0.507 e. The number of aromatic hydroxyl groups is 1. The van der Waals surface area contributed by atoms with Crippen molar-refractivity contribution >= 4 is 39.4 Å². The molecule has 0 saturated carbocycles. The van der Waals surface area contributed by atoms with Gasteiger partial charge in [-0.1, -0.05) is 0 Å². The van der Waals surface area contributed by atoms with Crippen LogP contribution in [0.5, 0.6) is 5.75 Å². The van der Waals surface area contributed by atoms with Crippen LogP contribution in [-0.2, 0) is 14.8 Å². The van der Waals surface area contributed by atoms with E-state index in [1.54, 1.807) is 24.3 Å². The zero-order chi connectivity index (χ0) is 11.7. The lowest BCUT2D eigenvalue weighted by molar-refractivity contribution is 0.479. The summed E-state index contributed by atoms with van der Waals surface area (Å²) in [6, 6.07) is 7.98. The normalized spacial score (nSPS) is 12.8. The number of benzene rings is 2. The van der Waals surface area contributed by atoms with Crippen LogP contribution in [0.25, 0.3) is 10.8 Å². The number of phenolic OH excluding ortho intramolecular Hbond substituents is 1. The zero-order valence-corrected chi connectivity index (χ0v) is 9.59. The van der Waals surface area contributed by atoms with Gasteiger partial charge < -0.3 is 10.8 Å². The smallest absolute Gasteiger partial charge is 0.206 e. The molecule has 0 aliphatic heterocycles. The second-order valence-electron chi connectivity index (χ2n) is 3.22. The Labute approximate surface area is 99.4 Å². The molecular formula is C10H8ClNO3S. The summed E-state index contributed by atoms with van der Waals surface area (Å²) in [6.07, 6.45) is 0. The Morgan fingerprint density at radius 1 is 1.31 bits per heavy atom. The third kappa shape index (κ3) is 1.97. The van der Waals surface area contributed by atoms with Gasteiger partial charge in [0, 0.05) is 11.1 Å². The topological polar surface area (TPSA) is 72.5 Å². The number of hydrogen-bond donors (Lipinski definition) is 2. The van der Waals surface area contributed by atoms with Gasteiger partial charge in [-0.05, 0) is 35.7 Å². The van der Waals surface area contributed by atoms with Crippen molar-refractivity contribution in [3.63, 3.8) is 0 Å². The third-order valence-electron chi connectivity index (χ3n) is 2.18. The molecule has 0 aliphatic carbocycles. The van der Waals surface area contributed by atoms with Crippen LogP contribution in [0.2, 0.25) is 0 Å². The van der Waals surface area contributed by atoms with Crippen LogP contribution < -0.4 is 5.73 Å². The molecular weight excluding hydrogens is 250 g/mol. The molecule has 3 N–H and O–H groups in total. The molecule has 1 unspecified atom stereocenters. The summed E-state index contributed by atoms with van der Waals surface area (Å²) in [6.45, 7) is 0. The first-order valence-electron chi connectivity index (χ1n) is 4.35. The maximum atomic E-state index is 11.3. The molecule has 0 radical (unpaired) electrons. The molecule has 0 aliphatic rings. The summed E-state index contributed by atoms with van der Waals surface area (Å²) < 4.78 is 15.5. The Bertz CT molecular complexity index is 573. The van der Waals surface area contributed by atoms with Crippen molar-refractivity contribution in [1.29, 1.82) is 0 Å². The van der Waals surface area contributed by atoms with E-state index in [2.05, 4.69) is 3.74 Å². The van der Waals surface area contributed by atoms with E-state index in [9.17, 15) is 9.32 Å². The van der Waals surface area contributed by atoms with E-state index in [1.807, 2.05) is 0 Å². The number of rotatable bonds is 2. The van der Waals surface area contributed by atoms with Crippen LogP contribution in [0.1, 0.15) is 0 Å². The molecule has 2 rings (SSSR count). The van der Waals surface area contributed by atoms with Gasteiger partial charge in [-0.25, -0.2) is 4.21 Å². The SMILES string of the molecule is Nc1ccc2c(O)cc(S(=O)OCl)cc2c1. The van der Waals surface area contributed by atoms with E-state index in [1.165, 1.54) is 6.07 Å². The highest BCUT2D eigenvalue weighted by Crippen LogP contribution is 2.29. The van der Waals surface area contributed by atoms with Gasteiger partial charge in [0.25, 0.3) is 0 Å². The van der Waals surface area contributed by atoms with Crippen LogP contribution in [0.15, 0.2) is 35.2 Å². The van der Waals surface area contributed by atoms with Crippen molar-refractivity contribution in [2.45, 2.75) is 4.90 Å². The highest BCUT2D eigenvalue weighted by atomic mass is 35.5. The number of hydrogen-bond acceptors (Lipinski definition) is 4. The quantitative estimate of drug-likeness (QED) is 0.810. The molecule has 84 valence electrons. The molecule has 0 aromatic heterocycles. The molecule has 1 atom stereocenters. The van der Waals surface area contributed by atoms with E-state index in [0.717, 1.165) is 0 Å². The summed E-state index contributed by atoms with van der Waals surface area (Å²) in [4.78, 5) is 0.283. The molecule has 4 nitrogen and oxygen atoms in total. The Hall–Kier alpha value is -1.30. The van der Waals surface area contributed by atoms with Crippen molar-refractivity contribution < 1.29 is 13.1 Å². The van der Waals surface area contributed by atoms with Crippen LogP contribution >= 0.6 is 11.9 Å². The maximum Gasteiger partial charge on any atom is 0.206 e. The van der Waals surface area contributed by atoms with E-state index in [4.69, 9.17) is 17.6 Å². The third-order valence-corrected chi connectivity index (χ3v) is 3.26. The average Bonchev–Trinajstić information content (AvgIpc) is 2.27. The number of fused-ring (bicyclic) bond motifs is 1. The number of nitrogens with two attached hydrogens (primary N) is 1. The van der Waals surface area contributed by atoms with Crippen LogP contribution in [0, 0.1) is 0 Å². The van der Waals surface area contributed by atoms with Gasteiger partial charge in [-0.2, -0.15) is 3.74 Å². The van der Waals surface area contributed by atoms with Crippen molar-refractivity contribution in [3.8, 4) is 5.75 Å². The molecule has 2 aromatic carbocycles. The molecule has 6 heteroatoms. The van der Waals surface area contributed by atoms with Gasteiger partial charge in [-0.3, -0.25) is 0 Å². The number of halogens is 1. The summed E-state index contributed by atoms with van der Waals surface area (Å²) >= 11 is 3.22. The second kappa shape index (κ2) is 4.29. The standard InChI is InChI=1S/C10H8ClNO3S/c11-15-16(14)8-4-6-3-7(12)1-2-9(6)10(13)5-8/h1-5,13H,12H2. The van der Waals surface area contributed by atoms with Gasteiger partial charge in [-0.15, -0.1) is 0 Å². The molecule has 0 bridgehead atoms. The maximum absolute atomic E-state index is 11.3. The molecule has 2 aromatic rings. The van der Waals surface area contributed by atoms with Gasteiger partial charge in [0.15, 0.2) is 0 Å². The lowest BCUT2D eigenvalue weighted by Crippen LogP contribution is -1.91. The highest BCUT2D eigenvalue weighted by Gasteiger charge is 2.09. The molecule has 0 fully saturated rings. The molecule has 0 amide bonds. The lowest BCUT2D eigenvalue weighted by Gasteiger charge is -2.05. The molecule has 0 saturated heterocycles. The van der Waals surface area contributed by atoms with Crippen LogP contribution in [0.4, 0.5) is 5.69 Å². The summed E-state index contributed by atoms with van der Waals surface area (Å²) in [5.74, 6) is 0.00886. The number of anilines is 1. The van der Waals surface area contributed by atoms with E-state index in [0.29, 0.717) is 16.5 Å². The minimum absolute atomic E-state index is 0.00886. The van der Waals surface area contributed by atoms with E-state index in [-0.39, 0.29) is 10.6 Å². The number of nitrogen functional groups attached to an aromatic ring is 1. The minimum Gasteiger partial charge on any atom is -0.507 e. The first kappa shape index (κ1) is 11.2. The fourth-order valence-corrected chi connectivity index (χ4v) is 2.20. The van der Waals surface area contributed by atoms with E-state index >= 15 is 0 Å². The summed E-state index contributed by atoms with van der Waals surface area (Å²) in [5.41, 5.74) is 6.17. The molecule has 0 heterocycles. The Kier molecular flexibility index (Phi) is 3.00. The fraction of sp³-hybridized carbons (Fsp3) is 0. The van der Waals surface area contributed by atoms with Crippen molar-refractivity contribution in [3.05, 3.63) is 30.3 Å².